The number of ether oxygens (including phenoxy) is 1. The first-order chi connectivity index (χ1) is 8.61. The number of fused-ring (bicyclic) bond motifs is 1. The summed E-state index contributed by atoms with van der Waals surface area (Å²) < 4.78 is 4.61. The van der Waals surface area contributed by atoms with Crippen molar-refractivity contribution >= 4 is 23.3 Å². The molecular weight excluding hydrogens is 236 g/mol. The lowest BCUT2D eigenvalue weighted by Gasteiger charge is -2.11. The van der Waals surface area contributed by atoms with Gasteiger partial charge in [0.15, 0.2) is 0 Å². The summed E-state index contributed by atoms with van der Waals surface area (Å²) in [6.07, 6.45) is -0.537. The Labute approximate surface area is 104 Å². The van der Waals surface area contributed by atoms with Gasteiger partial charge in [0.2, 0.25) is 6.10 Å². The molecule has 1 amide bonds. The molecular formula is C12H14N2O4. The van der Waals surface area contributed by atoms with E-state index in [-0.39, 0.29) is 0 Å². The van der Waals surface area contributed by atoms with Gasteiger partial charge in [-0.25, -0.2) is 4.79 Å². The van der Waals surface area contributed by atoms with Gasteiger partial charge >= 0.3 is 5.97 Å². The molecule has 1 aliphatic heterocycles. The van der Waals surface area contributed by atoms with E-state index in [2.05, 4.69) is 15.4 Å². The number of carboxylic acids is 1. The van der Waals surface area contributed by atoms with Crippen molar-refractivity contribution in [2.24, 2.45) is 0 Å². The van der Waals surface area contributed by atoms with Gasteiger partial charge in [0.05, 0.1) is 0 Å². The van der Waals surface area contributed by atoms with E-state index in [1.807, 2.05) is 6.07 Å². The number of carbonyl (C=O) groups is 2. The Morgan fingerprint density at radius 3 is 2.94 bits per heavy atom. The van der Waals surface area contributed by atoms with E-state index in [0.717, 1.165) is 18.7 Å². The number of rotatable bonds is 4. The number of carboxylic acid groups (broad SMARTS) is 1. The number of amides is 1. The molecule has 0 saturated heterocycles. The highest BCUT2D eigenvalue weighted by atomic mass is 16.5. The fraction of sp³-hybridized carbons (Fsp3) is 0.333. The van der Waals surface area contributed by atoms with Crippen molar-refractivity contribution in [1.29, 1.82) is 0 Å². The molecule has 96 valence electrons. The molecule has 0 saturated carbocycles. The molecule has 18 heavy (non-hydrogen) atoms. The van der Waals surface area contributed by atoms with Crippen LogP contribution in [0, 0.1) is 0 Å². The van der Waals surface area contributed by atoms with Crippen LogP contribution < -0.4 is 10.6 Å². The lowest BCUT2D eigenvalue weighted by Crippen LogP contribution is -2.36. The molecule has 0 aliphatic carbocycles. The van der Waals surface area contributed by atoms with Gasteiger partial charge in [-0.05, 0) is 24.1 Å². The third-order valence-electron chi connectivity index (χ3n) is 2.79. The molecule has 0 spiro atoms. The van der Waals surface area contributed by atoms with Gasteiger partial charge < -0.3 is 20.5 Å². The summed E-state index contributed by atoms with van der Waals surface area (Å²) in [6, 6.07) is 5.45. The molecule has 1 unspecified atom stereocenters. The summed E-state index contributed by atoms with van der Waals surface area (Å²) in [6.45, 7) is 0.878. The molecule has 1 aromatic carbocycles. The van der Waals surface area contributed by atoms with E-state index in [1.54, 1.807) is 12.1 Å². The first-order valence-electron chi connectivity index (χ1n) is 5.55. The Bertz CT molecular complexity index is 487. The highest BCUT2D eigenvalue weighted by molar-refractivity contribution is 6.07. The van der Waals surface area contributed by atoms with Crippen LogP contribution in [0.2, 0.25) is 0 Å². The van der Waals surface area contributed by atoms with Gasteiger partial charge in [-0.1, -0.05) is 6.07 Å². The SMILES string of the molecule is COC(C(=O)O)C(=O)Nc1ccc2c(c1)NCC2. The first-order valence-corrected chi connectivity index (χ1v) is 5.55. The van der Waals surface area contributed by atoms with Gasteiger partial charge in [0.1, 0.15) is 0 Å². The normalized spacial score (nSPS) is 14.5. The van der Waals surface area contributed by atoms with E-state index in [0.29, 0.717) is 5.69 Å². The number of aliphatic carboxylic acids is 1. The average molecular weight is 250 g/mol. The van der Waals surface area contributed by atoms with Crippen molar-refractivity contribution in [3.8, 4) is 0 Å². The molecule has 1 aromatic rings. The highest BCUT2D eigenvalue weighted by Gasteiger charge is 2.26. The smallest absolute Gasteiger partial charge is 0.342 e. The third kappa shape index (κ3) is 2.43. The predicted octanol–water partition coefficient (Wildman–Crippen LogP) is 0.693. The Morgan fingerprint density at radius 2 is 2.28 bits per heavy atom. The van der Waals surface area contributed by atoms with Gasteiger partial charge in [-0.3, -0.25) is 4.79 Å². The van der Waals surface area contributed by atoms with E-state index in [9.17, 15) is 9.59 Å². The maximum atomic E-state index is 11.6. The molecule has 1 aliphatic rings. The summed E-state index contributed by atoms with van der Waals surface area (Å²) >= 11 is 0. The largest absolute Gasteiger partial charge is 0.479 e. The summed E-state index contributed by atoms with van der Waals surface area (Å²) in [4.78, 5) is 22.4. The molecule has 3 N–H and O–H groups in total. The lowest BCUT2D eigenvalue weighted by atomic mass is 10.1. The van der Waals surface area contributed by atoms with Crippen LogP contribution in [0.4, 0.5) is 11.4 Å². The monoisotopic (exact) mass is 250 g/mol. The van der Waals surface area contributed by atoms with Gasteiger partial charge in [-0.15, -0.1) is 0 Å². The number of hydrogen-bond donors (Lipinski definition) is 3. The summed E-state index contributed by atoms with van der Waals surface area (Å²) in [7, 11) is 1.18. The van der Waals surface area contributed by atoms with Crippen molar-refractivity contribution in [3.05, 3.63) is 23.8 Å². The van der Waals surface area contributed by atoms with Crippen LogP contribution in [0.3, 0.4) is 0 Å². The number of methoxy groups -OCH3 is 1. The Hall–Kier alpha value is -2.08. The summed E-state index contributed by atoms with van der Waals surface area (Å²) in [5, 5.41) is 14.5. The van der Waals surface area contributed by atoms with E-state index in [1.165, 1.54) is 12.7 Å². The Kier molecular flexibility index (Phi) is 3.47. The third-order valence-corrected chi connectivity index (χ3v) is 2.79. The van der Waals surface area contributed by atoms with Crippen molar-refractivity contribution in [2.75, 3.05) is 24.3 Å². The van der Waals surface area contributed by atoms with Crippen LogP contribution in [-0.4, -0.2) is 36.7 Å². The number of benzene rings is 1. The van der Waals surface area contributed by atoms with Crippen LogP contribution >= 0.6 is 0 Å². The molecule has 0 bridgehead atoms. The number of nitrogens with one attached hydrogen (secondary N) is 2. The number of anilines is 2. The van der Waals surface area contributed by atoms with E-state index >= 15 is 0 Å². The van der Waals surface area contributed by atoms with E-state index in [4.69, 9.17) is 5.11 Å². The molecule has 0 fully saturated rings. The van der Waals surface area contributed by atoms with Crippen molar-refractivity contribution < 1.29 is 19.4 Å². The standard InChI is InChI=1S/C12H14N2O4/c1-18-10(12(16)17)11(15)14-8-3-2-7-4-5-13-9(7)6-8/h2-3,6,10,13H,4-5H2,1H3,(H,14,15)(H,16,17). The topological polar surface area (TPSA) is 87.7 Å². The highest BCUT2D eigenvalue weighted by Crippen LogP contribution is 2.25. The molecule has 6 nitrogen and oxygen atoms in total. The van der Waals surface area contributed by atoms with Crippen molar-refractivity contribution in [2.45, 2.75) is 12.5 Å². The maximum Gasteiger partial charge on any atom is 0.342 e. The molecule has 6 heteroatoms. The van der Waals surface area contributed by atoms with Gasteiger partial charge in [0.25, 0.3) is 5.91 Å². The second-order valence-electron chi connectivity index (χ2n) is 3.99. The average Bonchev–Trinajstić information content (AvgIpc) is 2.76. The molecule has 0 aromatic heterocycles. The minimum atomic E-state index is -1.49. The Morgan fingerprint density at radius 1 is 1.50 bits per heavy atom. The second kappa shape index (κ2) is 5.05. The zero-order chi connectivity index (χ0) is 13.1. The van der Waals surface area contributed by atoms with Gasteiger partial charge in [-0.2, -0.15) is 0 Å². The lowest BCUT2D eigenvalue weighted by molar-refractivity contribution is -0.153. The summed E-state index contributed by atoms with van der Waals surface area (Å²) in [5.41, 5.74) is 2.71. The maximum absolute atomic E-state index is 11.6. The zero-order valence-electron chi connectivity index (χ0n) is 9.90. The predicted molar refractivity (Wildman–Crippen MR) is 65.7 cm³/mol. The summed E-state index contributed by atoms with van der Waals surface area (Å²) in [5.74, 6) is -2.00. The zero-order valence-corrected chi connectivity index (χ0v) is 9.90. The Balaban J connectivity index is 2.09. The van der Waals surface area contributed by atoms with Crippen molar-refractivity contribution in [1.82, 2.24) is 0 Å². The van der Waals surface area contributed by atoms with Crippen LogP contribution in [-0.2, 0) is 20.7 Å². The van der Waals surface area contributed by atoms with Crippen LogP contribution in [0.25, 0.3) is 0 Å². The molecule has 1 atom stereocenters. The first kappa shape index (κ1) is 12.4. The molecule has 0 radical (unpaired) electrons. The molecule has 2 rings (SSSR count). The molecule has 1 heterocycles. The fourth-order valence-electron chi connectivity index (χ4n) is 1.90. The van der Waals surface area contributed by atoms with Crippen LogP contribution in [0.1, 0.15) is 5.56 Å². The van der Waals surface area contributed by atoms with Crippen LogP contribution in [0.5, 0.6) is 0 Å². The van der Waals surface area contributed by atoms with Gasteiger partial charge in [0, 0.05) is 25.0 Å². The van der Waals surface area contributed by atoms with E-state index < -0.39 is 18.0 Å². The quantitative estimate of drug-likeness (QED) is 0.684. The second-order valence-corrected chi connectivity index (χ2v) is 3.99. The fourth-order valence-corrected chi connectivity index (χ4v) is 1.90. The number of hydrogen-bond acceptors (Lipinski definition) is 4. The van der Waals surface area contributed by atoms with Crippen molar-refractivity contribution in [3.63, 3.8) is 0 Å². The number of carbonyl (C=O) groups excluding carboxylic acids is 1. The minimum absolute atomic E-state index is 0.552. The van der Waals surface area contributed by atoms with Crippen LogP contribution in [0.15, 0.2) is 18.2 Å². The minimum Gasteiger partial charge on any atom is -0.479 e.